The minimum Gasteiger partial charge on any atom is -0.496 e. The van der Waals surface area contributed by atoms with Crippen molar-refractivity contribution in [3.05, 3.63) is 23.8 Å². The monoisotopic (exact) mass is 263 g/mol. The fourth-order valence-corrected chi connectivity index (χ4v) is 2.79. The Morgan fingerprint density at radius 2 is 1.74 bits per heavy atom. The largest absolute Gasteiger partial charge is 0.496 e. The van der Waals surface area contributed by atoms with E-state index in [1.54, 1.807) is 26.4 Å². The van der Waals surface area contributed by atoms with E-state index in [-0.39, 0.29) is 11.3 Å². The Bertz CT molecular complexity index is 442. The Labute approximate surface area is 113 Å². The number of ketones is 1. The predicted molar refractivity (Wildman–Crippen MR) is 73.9 cm³/mol. The number of rotatable bonds is 5. The molecule has 19 heavy (non-hydrogen) atoms. The van der Waals surface area contributed by atoms with E-state index in [0.717, 1.165) is 25.7 Å². The van der Waals surface area contributed by atoms with Crippen LogP contribution >= 0.6 is 0 Å². The highest BCUT2D eigenvalue weighted by atomic mass is 16.5. The summed E-state index contributed by atoms with van der Waals surface area (Å²) in [5, 5.41) is 0. The summed E-state index contributed by atoms with van der Waals surface area (Å²) < 4.78 is 10.5. The molecule has 0 heterocycles. The molecule has 104 valence electrons. The van der Waals surface area contributed by atoms with Crippen LogP contribution in [0.2, 0.25) is 0 Å². The quantitative estimate of drug-likeness (QED) is 0.829. The minimum absolute atomic E-state index is 0.00120. The van der Waals surface area contributed by atoms with Gasteiger partial charge in [0.25, 0.3) is 0 Å². The minimum atomic E-state index is -0.358. The molecule has 1 aromatic rings. The van der Waals surface area contributed by atoms with Gasteiger partial charge in [-0.05, 0) is 25.0 Å². The van der Waals surface area contributed by atoms with E-state index in [4.69, 9.17) is 15.2 Å². The van der Waals surface area contributed by atoms with E-state index < -0.39 is 0 Å². The lowest BCUT2D eigenvalue weighted by Gasteiger charge is -2.23. The van der Waals surface area contributed by atoms with Crippen molar-refractivity contribution < 1.29 is 14.3 Å². The number of carbonyl (C=O) groups excluding carboxylic acids is 1. The first-order valence-corrected chi connectivity index (χ1v) is 6.63. The van der Waals surface area contributed by atoms with Crippen LogP contribution in [0, 0.1) is 0 Å². The zero-order chi connectivity index (χ0) is 13.9. The van der Waals surface area contributed by atoms with Gasteiger partial charge in [-0.2, -0.15) is 0 Å². The molecule has 0 saturated heterocycles. The summed E-state index contributed by atoms with van der Waals surface area (Å²) in [5.74, 6) is 1.09. The van der Waals surface area contributed by atoms with Gasteiger partial charge >= 0.3 is 0 Å². The van der Waals surface area contributed by atoms with E-state index in [1.807, 2.05) is 6.07 Å². The van der Waals surface area contributed by atoms with Crippen molar-refractivity contribution in [2.75, 3.05) is 14.2 Å². The van der Waals surface area contributed by atoms with Crippen molar-refractivity contribution in [2.24, 2.45) is 5.73 Å². The molecule has 1 fully saturated rings. The van der Waals surface area contributed by atoms with Crippen molar-refractivity contribution >= 4 is 5.78 Å². The SMILES string of the molecule is COc1cccc(OC)c1C(=O)CC1(N)CCCC1. The summed E-state index contributed by atoms with van der Waals surface area (Å²) in [6, 6.07) is 5.35. The maximum atomic E-state index is 12.5. The second-order valence-electron chi connectivity index (χ2n) is 5.21. The van der Waals surface area contributed by atoms with Gasteiger partial charge in [0.15, 0.2) is 5.78 Å². The molecule has 0 aromatic heterocycles. The van der Waals surface area contributed by atoms with Gasteiger partial charge in [-0.15, -0.1) is 0 Å². The normalized spacial score (nSPS) is 17.2. The van der Waals surface area contributed by atoms with Crippen LogP contribution < -0.4 is 15.2 Å². The van der Waals surface area contributed by atoms with Crippen LogP contribution in [0.3, 0.4) is 0 Å². The first-order valence-electron chi connectivity index (χ1n) is 6.63. The van der Waals surface area contributed by atoms with Crippen molar-refractivity contribution in [3.8, 4) is 11.5 Å². The molecule has 0 spiro atoms. The van der Waals surface area contributed by atoms with Gasteiger partial charge in [-0.1, -0.05) is 18.9 Å². The molecule has 1 aromatic carbocycles. The molecule has 0 atom stereocenters. The van der Waals surface area contributed by atoms with Crippen LogP contribution in [0.15, 0.2) is 18.2 Å². The highest BCUT2D eigenvalue weighted by Crippen LogP contribution is 2.35. The van der Waals surface area contributed by atoms with Crippen LogP contribution in [0.4, 0.5) is 0 Å². The number of nitrogens with two attached hydrogens (primary N) is 1. The summed E-state index contributed by atoms with van der Waals surface area (Å²) >= 11 is 0. The Morgan fingerprint density at radius 3 is 2.21 bits per heavy atom. The summed E-state index contributed by atoms with van der Waals surface area (Å²) in [5.41, 5.74) is 6.42. The number of benzene rings is 1. The van der Waals surface area contributed by atoms with Gasteiger partial charge in [0.2, 0.25) is 0 Å². The topological polar surface area (TPSA) is 61.5 Å². The lowest BCUT2D eigenvalue weighted by molar-refractivity contribution is 0.0946. The first-order chi connectivity index (χ1) is 9.09. The van der Waals surface area contributed by atoms with E-state index in [1.165, 1.54) is 0 Å². The zero-order valence-electron chi connectivity index (χ0n) is 11.6. The molecule has 2 N–H and O–H groups in total. The van der Waals surface area contributed by atoms with Crippen LogP contribution in [0.1, 0.15) is 42.5 Å². The van der Waals surface area contributed by atoms with Gasteiger partial charge in [-0.25, -0.2) is 0 Å². The van der Waals surface area contributed by atoms with Crippen LogP contribution in [-0.2, 0) is 0 Å². The molecule has 0 amide bonds. The highest BCUT2D eigenvalue weighted by Gasteiger charge is 2.33. The molecule has 0 unspecified atom stereocenters. The molecule has 1 aliphatic rings. The number of methoxy groups -OCH3 is 2. The van der Waals surface area contributed by atoms with Crippen LogP contribution in [-0.4, -0.2) is 25.5 Å². The van der Waals surface area contributed by atoms with Crippen molar-refractivity contribution in [1.29, 1.82) is 0 Å². The number of ether oxygens (including phenoxy) is 2. The molecule has 1 saturated carbocycles. The van der Waals surface area contributed by atoms with Gasteiger partial charge in [0.05, 0.1) is 14.2 Å². The Kier molecular flexibility index (Phi) is 4.10. The summed E-state index contributed by atoms with van der Waals surface area (Å²) in [6.45, 7) is 0. The van der Waals surface area contributed by atoms with E-state index in [9.17, 15) is 4.79 Å². The smallest absolute Gasteiger partial charge is 0.172 e. The average Bonchev–Trinajstić information content (AvgIpc) is 2.83. The van der Waals surface area contributed by atoms with Crippen molar-refractivity contribution in [1.82, 2.24) is 0 Å². The van der Waals surface area contributed by atoms with Gasteiger partial charge in [-0.3, -0.25) is 4.79 Å². The molecule has 1 aliphatic carbocycles. The molecule has 0 aliphatic heterocycles. The standard InChI is InChI=1S/C15H21NO3/c1-18-12-6-5-7-13(19-2)14(12)11(17)10-15(16)8-3-4-9-15/h5-7H,3-4,8-10,16H2,1-2H3. The second-order valence-corrected chi connectivity index (χ2v) is 5.21. The fourth-order valence-electron chi connectivity index (χ4n) is 2.79. The zero-order valence-corrected chi connectivity index (χ0v) is 11.6. The highest BCUT2D eigenvalue weighted by molar-refractivity contribution is 6.02. The summed E-state index contributed by atoms with van der Waals surface area (Å²) in [7, 11) is 3.11. The lowest BCUT2D eigenvalue weighted by atomic mass is 9.89. The Hall–Kier alpha value is -1.55. The number of hydrogen-bond donors (Lipinski definition) is 1. The van der Waals surface area contributed by atoms with E-state index in [2.05, 4.69) is 0 Å². The molecular formula is C15H21NO3. The fraction of sp³-hybridized carbons (Fsp3) is 0.533. The third-order valence-electron chi connectivity index (χ3n) is 3.82. The van der Waals surface area contributed by atoms with Crippen LogP contribution in [0.5, 0.6) is 11.5 Å². The molecule has 0 bridgehead atoms. The number of carbonyl (C=O) groups is 1. The van der Waals surface area contributed by atoms with Gasteiger partial charge in [0.1, 0.15) is 17.1 Å². The third-order valence-corrected chi connectivity index (χ3v) is 3.82. The molecule has 0 radical (unpaired) electrons. The van der Waals surface area contributed by atoms with Crippen LogP contribution in [0.25, 0.3) is 0 Å². The van der Waals surface area contributed by atoms with Crippen molar-refractivity contribution in [2.45, 2.75) is 37.6 Å². The predicted octanol–water partition coefficient (Wildman–Crippen LogP) is 2.55. The van der Waals surface area contributed by atoms with Gasteiger partial charge < -0.3 is 15.2 Å². The molecule has 2 rings (SSSR count). The van der Waals surface area contributed by atoms with E-state index in [0.29, 0.717) is 23.5 Å². The summed E-state index contributed by atoms with van der Waals surface area (Å²) in [4.78, 5) is 12.5. The molecular weight excluding hydrogens is 242 g/mol. The third kappa shape index (κ3) is 2.89. The Balaban J connectivity index is 2.27. The molecule has 4 nitrogen and oxygen atoms in total. The van der Waals surface area contributed by atoms with E-state index >= 15 is 0 Å². The van der Waals surface area contributed by atoms with Gasteiger partial charge in [0, 0.05) is 12.0 Å². The lowest BCUT2D eigenvalue weighted by Crippen LogP contribution is -2.38. The first kappa shape index (κ1) is 13.9. The number of Topliss-reactive ketones (excluding diaryl/α,β-unsaturated/α-hetero) is 1. The maximum Gasteiger partial charge on any atom is 0.172 e. The Morgan fingerprint density at radius 1 is 1.21 bits per heavy atom. The number of hydrogen-bond acceptors (Lipinski definition) is 4. The molecule has 4 heteroatoms. The second kappa shape index (κ2) is 5.61. The average molecular weight is 263 g/mol. The van der Waals surface area contributed by atoms with Crippen molar-refractivity contribution in [3.63, 3.8) is 0 Å². The summed E-state index contributed by atoms with van der Waals surface area (Å²) in [6.07, 6.45) is 4.38. The maximum absolute atomic E-state index is 12.5.